The van der Waals surface area contributed by atoms with E-state index in [9.17, 15) is 12.8 Å². The fraction of sp³-hybridized carbons (Fsp3) is 0.357. The van der Waals surface area contributed by atoms with Crippen LogP contribution in [0.5, 0.6) is 0 Å². The van der Waals surface area contributed by atoms with Crippen molar-refractivity contribution in [2.75, 3.05) is 19.6 Å². The van der Waals surface area contributed by atoms with Gasteiger partial charge in [-0.1, -0.05) is 12.1 Å². The van der Waals surface area contributed by atoms with Gasteiger partial charge in [-0.3, -0.25) is 0 Å². The summed E-state index contributed by atoms with van der Waals surface area (Å²) in [5.41, 5.74) is 0.220. The molecule has 22 heavy (non-hydrogen) atoms. The van der Waals surface area contributed by atoms with E-state index in [1.54, 1.807) is 18.2 Å². The van der Waals surface area contributed by atoms with Gasteiger partial charge in [0.2, 0.25) is 10.0 Å². The maximum atomic E-state index is 13.8. The highest BCUT2D eigenvalue weighted by atomic mass is 32.2. The minimum atomic E-state index is -3.61. The molecule has 0 bridgehead atoms. The Morgan fingerprint density at radius 3 is 2.86 bits per heavy atom. The number of halogens is 1. The average molecular weight is 324 g/mol. The van der Waals surface area contributed by atoms with E-state index in [2.05, 4.69) is 10.4 Å². The Morgan fingerprint density at radius 1 is 1.36 bits per heavy atom. The second-order valence-electron chi connectivity index (χ2n) is 5.29. The summed E-state index contributed by atoms with van der Waals surface area (Å²) in [5.74, 6) is -0.453. The molecule has 118 valence electrons. The lowest BCUT2D eigenvalue weighted by Crippen LogP contribution is -2.51. The number of benzene rings is 1. The van der Waals surface area contributed by atoms with Crippen LogP contribution in [0.1, 0.15) is 6.92 Å². The van der Waals surface area contributed by atoms with Crippen molar-refractivity contribution in [1.82, 2.24) is 19.4 Å². The van der Waals surface area contributed by atoms with Gasteiger partial charge in [0.05, 0.1) is 12.4 Å². The highest BCUT2D eigenvalue weighted by molar-refractivity contribution is 7.89. The smallest absolute Gasteiger partial charge is 0.246 e. The van der Waals surface area contributed by atoms with E-state index in [1.165, 1.54) is 27.4 Å². The third-order valence-electron chi connectivity index (χ3n) is 3.63. The van der Waals surface area contributed by atoms with Gasteiger partial charge in [0.25, 0.3) is 0 Å². The molecule has 1 aliphatic rings. The van der Waals surface area contributed by atoms with Gasteiger partial charge in [-0.15, -0.1) is 0 Å². The molecular formula is C14H17FN4O2S. The number of aromatic nitrogens is 2. The van der Waals surface area contributed by atoms with Crippen LogP contribution < -0.4 is 5.32 Å². The van der Waals surface area contributed by atoms with E-state index >= 15 is 0 Å². The number of hydrogen-bond acceptors (Lipinski definition) is 4. The molecule has 2 heterocycles. The molecule has 1 saturated heterocycles. The fourth-order valence-electron chi connectivity index (χ4n) is 2.47. The number of sulfonamides is 1. The van der Waals surface area contributed by atoms with E-state index in [0.717, 1.165) is 0 Å². The predicted octanol–water partition coefficient (Wildman–Crippen LogP) is 0.994. The van der Waals surface area contributed by atoms with Crippen molar-refractivity contribution in [3.8, 4) is 5.69 Å². The van der Waals surface area contributed by atoms with Crippen molar-refractivity contribution in [2.24, 2.45) is 0 Å². The van der Waals surface area contributed by atoms with Crippen molar-refractivity contribution in [3.63, 3.8) is 0 Å². The van der Waals surface area contributed by atoms with E-state index in [0.29, 0.717) is 19.6 Å². The molecule has 2 aromatic rings. The molecule has 8 heteroatoms. The van der Waals surface area contributed by atoms with Gasteiger partial charge in [0.15, 0.2) is 0 Å². The summed E-state index contributed by atoms with van der Waals surface area (Å²) >= 11 is 0. The molecule has 0 spiro atoms. The summed E-state index contributed by atoms with van der Waals surface area (Å²) in [4.78, 5) is 0.0739. The Labute approximate surface area is 128 Å². The highest BCUT2D eigenvalue weighted by Crippen LogP contribution is 2.19. The molecule has 3 rings (SSSR count). The highest BCUT2D eigenvalue weighted by Gasteiger charge is 2.29. The van der Waals surface area contributed by atoms with Crippen LogP contribution in [0, 0.1) is 5.82 Å². The van der Waals surface area contributed by atoms with Crippen molar-refractivity contribution in [1.29, 1.82) is 0 Å². The third kappa shape index (κ3) is 2.77. The summed E-state index contributed by atoms with van der Waals surface area (Å²) < 4.78 is 41.7. The molecule has 0 amide bonds. The summed E-state index contributed by atoms with van der Waals surface area (Å²) in [7, 11) is -3.61. The van der Waals surface area contributed by atoms with Crippen molar-refractivity contribution in [3.05, 3.63) is 42.5 Å². The zero-order valence-electron chi connectivity index (χ0n) is 12.1. The van der Waals surface area contributed by atoms with Crippen LogP contribution in [0.25, 0.3) is 5.69 Å². The maximum absolute atomic E-state index is 13.8. The Kier molecular flexibility index (Phi) is 3.98. The van der Waals surface area contributed by atoms with Crippen LogP contribution in [-0.4, -0.2) is 48.2 Å². The Bertz CT molecular complexity index is 775. The Morgan fingerprint density at radius 2 is 2.14 bits per heavy atom. The van der Waals surface area contributed by atoms with Crippen molar-refractivity contribution < 1.29 is 12.8 Å². The largest absolute Gasteiger partial charge is 0.312 e. The SMILES string of the molecule is CC1CN(S(=O)(=O)c2cnn(-c3ccccc3F)c2)CCN1. The quantitative estimate of drug-likeness (QED) is 0.914. The van der Waals surface area contributed by atoms with Gasteiger partial charge in [0, 0.05) is 25.7 Å². The topological polar surface area (TPSA) is 67.2 Å². The molecule has 1 atom stereocenters. The lowest BCUT2D eigenvalue weighted by atomic mass is 10.3. The van der Waals surface area contributed by atoms with Crippen LogP contribution in [0.3, 0.4) is 0 Å². The first-order chi connectivity index (χ1) is 10.5. The summed E-state index contributed by atoms with van der Waals surface area (Å²) in [6, 6.07) is 6.20. The van der Waals surface area contributed by atoms with Crippen LogP contribution in [0.4, 0.5) is 4.39 Å². The predicted molar refractivity (Wildman–Crippen MR) is 79.7 cm³/mol. The third-order valence-corrected chi connectivity index (χ3v) is 5.45. The Hall–Kier alpha value is -1.77. The molecule has 1 unspecified atom stereocenters. The molecule has 1 fully saturated rings. The van der Waals surface area contributed by atoms with Crippen molar-refractivity contribution >= 4 is 10.0 Å². The number of nitrogens with one attached hydrogen (secondary N) is 1. The van der Waals surface area contributed by atoms with Crippen LogP contribution in [0.15, 0.2) is 41.6 Å². The minimum Gasteiger partial charge on any atom is -0.312 e. The number of piperazine rings is 1. The van der Waals surface area contributed by atoms with Gasteiger partial charge in [-0.2, -0.15) is 9.40 Å². The first kappa shape index (κ1) is 15.1. The number of hydrogen-bond donors (Lipinski definition) is 1. The molecule has 1 aromatic heterocycles. The van der Waals surface area contributed by atoms with Gasteiger partial charge < -0.3 is 5.32 Å². The lowest BCUT2D eigenvalue weighted by molar-refractivity contribution is 0.310. The number of nitrogens with zero attached hydrogens (tertiary/aromatic N) is 3. The molecular weight excluding hydrogens is 307 g/mol. The molecule has 0 saturated carbocycles. The van der Waals surface area contributed by atoms with Gasteiger partial charge >= 0.3 is 0 Å². The maximum Gasteiger partial charge on any atom is 0.246 e. The molecule has 1 aliphatic heterocycles. The number of rotatable bonds is 3. The molecule has 6 nitrogen and oxygen atoms in total. The molecule has 1 aromatic carbocycles. The molecule has 0 aliphatic carbocycles. The normalized spacial score (nSPS) is 20.2. The monoisotopic (exact) mass is 324 g/mol. The van der Waals surface area contributed by atoms with E-state index in [-0.39, 0.29) is 16.6 Å². The van der Waals surface area contributed by atoms with Crippen LogP contribution in [0.2, 0.25) is 0 Å². The van der Waals surface area contributed by atoms with Gasteiger partial charge in [-0.05, 0) is 19.1 Å². The van der Waals surface area contributed by atoms with Gasteiger partial charge in [0.1, 0.15) is 16.4 Å². The molecule has 0 radical (unpaired) electrons. The second kappa shape index (κ2) is 5.79. The fourth-order valence-corrected chi connectivity index (χ4v) is 3.94. The first-order valence-electron chi connectivity index (χ1n) is 7.01. The lowest BCUT2D eigenvalue weighted by Gasteiger charge is -2.30. The second-order valence-corrected chi connectivity index (χ2v) is 7.23. The minimum absolute atomic E-state index is 0.0739. The summed E-state index contributed by atoms with van der Waals surface area (Å²) in [6.45, 7) is 3.37. The van der Waals surface area contributed by atoms with Gasteiger partial charge in [-0.25, -0.2) is 17.5 Å². The standard InChI is InChI=1S/C14H17FN4O2S/c1-11-9-18(7-6-16-11)22(20,21)12-8-17-19(10-12)14-5-3-2-4-13(14)15/h2-5,8,10-11,16H,6-7,9H2,1H3. The number of para-hydroxylation sites is 1. The Balaban J connectivity index is 1.91. The zero-order chi connectivity index (χ0) is 15.7. The van der Waals surface area contributed by atoms with Crippen molar-refractivity contribution in [2.45, 2.75) is 17.9 Å². The van der Waals surface area contributed by atoms with Crippen LogP contribution >= 0.6 is 0 Å². The summed E-state index contributed by atoms with van der Waals surface area (Å²) in [5, 5.41) is 7.18. The van der Waals surface area contributed by atoms with E-state index < -0.39 is 15.8 Å². The molecule has 1 N–H and O–H groups in total. The summed E-state index contributed by atoms with van der Waals surface area (Å²) in [6.07, 6.45) is 2.61. The zero-order valence-corrected chi connectivity index (χ0v) is 12.9. The van der Waals surface area contributed by atoms with Crippen LogP contribution in [-0.2, 0) is 10.0 Å². The van der Waals surface area contributed by atoms with E-state index in [1.807, 2.05) is 6.92 Å². The average Bonchev–Trinajstić information content (AvgIpc) is 2.98. The first-order valence-corrected chi connectivity index (χ1v) is 8.45. The van der Waals surface area contributed by atoms with E-state index in [4.69, 9.17) is 0 Å².